The third kappa shape index (κ3) is 4.12. The molecule has 1 aliphatic carbocycles. The Balaban J connectivity index is 1.60. The van der Waals surface area contributed by atoms with Gasteiger partial charge in [0.05, 0.1) is 0 Å². The molecule has 4 rings (SSSR count). The number of carbonyl (C=O) groups excluding carboxylic acids is 1. The summed E-state index contributed by atoms with van der Waals surface area (Å²) in [5.74, 6) is -0.476. The summed E-state index contributed by atoms with van der Waals surface area (Å²) in [7, 11) is 0. The number of carbonyl (C=O) groups is 1. The van der Waals surface area contributed by atoms with Crippen molar-refractivity contribution >= 4 is 11.6 Å². The first kappa shape index (κ1) is 18.4. The van der Waals surface area contributed by atoms with Crippen LogP contribution in [0.2, 0.25) is 0 Å². The number of amides is 1. The Morgan fingerprint density at radius 3 is 2.43 bits per heavy atom. The Hall–Kier alpha value is -2.98. The molecule has 0 aromatic heterocycles. The molecule has 0 unspecified atom stereocenters. The summed E-state index contributed by atoms with van der Waals surface area (Å²) in [4.78, 5) is 13.1. The summed E-state index contributed by atoms with van der Waals surface area (Å²) in [5.41, 5.74) is 4.10. The maximum absolute atomic E-state index is 13.2. The molecule has 0 fully saturated rings. The average Bonchev–Trinajstić information content (AvgIpc) is 2.74. The van der Waals surface area contributed by atoms with E-state index in [9.17, 15) is 9.18 Å². The minimum Gasteiger partial charge on any atom is -0.324 e. The van der Waals surface area contributed by atoms with Gasteiger partial charge in [0.25, 0.3) is 0 Å². The summed E-state index contributed by atoms with van der Waals surface area (Å²) in [6, 6.07) is 23.6. The van der Waals surface area contributed by atoms with Crippen molar-refractivity contribution in [3.05, 3.63) is 101 Å². The van der Waals surface area contributed by atoms with Crippen LogP contribution in [0.4, 0.5) is 10.1 Å². The van der Waals surface area contributed by atoms with Crippen molar-refractivity contribution in [2.45, 2.75) is 31.3 Å². The fourth-order valence-corrected chi connectivity index (χ4v) is 3.84. The van der Waals surface area contributed by atoms with Gasteiger partial charge in [-0.25, -0.2) is 4.39 Å². The van der Waals surface area contributed by atoms with Crippen molar-refractivity contribution in [3.8, 4) is 0 Å². The van der Waals surface area contributed by atoms with Crippen LogP contribution in [0.1, 0.15) is 41.6 Å². The zero-order valence-corrected chi connectivity index (χ0v) is 15.6. The Morgan fingerprint density at radius 1 is 0.929 bits per heavy atom. The molecule has 28 heavy (non-hydrogen) atoms. The molecule has 1 aliphatic rings. The maximum atomic E-state index is 13.2. The fraction of sp³-hybridized carbons (Fsp3) is 0.208. The lowest BCUT2D eigenvalue weighted by molar-refractivity contribution is -0.118. The van der Waals surface area contributed by atoms with Gasteiger partial charge in [-0.2, -0.15) is 0 Å². The predicted molar refractivity (Wildman–Crippen MR) is 109 cm³/mol. The van der Waals surface area contributed by atoms with E-state index < -0.39 is 6.04 Å². The third-order valence-electron chi connectivity index (χ3n) is 5.24. The van der Waals surface area contributed by atoms with Gasteiger partial charge in [0.2, 0.25) is 5.91 Å². The zero-order valence-electron chi connectivity index (χ0n) is 15.6. The lowest BCUT2D eigenvalue weighted by Gasteiger charge is -2.30. The molecule has 0 saturated carbocycles. The Bertz CT molecular complexity index is 940. The molecule has 0 saturated heterocycles. The average molecular weight is 374 g/mol. The van der Waals surface area contributed by atoms with Gasteiger partial charge in [-0.15, -0.1) is 0 Å². The number of nitrogens with one attached hydrogen (secondary N) is 2. The van der Waals surface area contributed by atoms with Gasteiger partial charge in [0.1, 0.15) is 11.9 Å². The van der Waals surface area contributed by atoms with E-state index in [2.05, 4.69) is 34.9 Å². The maximum Gasteiger partial charge on any atom is 0.246 e. The second kappa shape index (κ2) is 8.36. The molecule has 0 bridgehead atoms. The van der Waals surface area contributed by atoms with E-state index in [1.54, 1.807) is 12.1 Å². The van der Waals surface area contributed by atoms with Crippen molar-refractivity contribution in [2.75, 3.05) is 5.32 Å². The van der Waals surface area contributed by atoms with E-state index in [-0.39, 0.29) is 17.8 Å². The Labute approximate surface area is 164 Å². The zero-order chi connectivity index (χ0) is 19.3. The number of benzene rings is 3. The van der Waals surface area contributed by atoms with Gasteiger partial charge in [0.15, 0.2) is 0 Å². The smallest absolute Gasteiger partial charge is 0.246 e. The van der Waals surface area contributed by atoms with Gasteiger partial charge < -0.3 is 5.32 Å². The number of fused-ring (bicyclic) bond motifs is 1. The number of aryl methyl sites for hydroxylation is 1. The van der Waals surface area contributed by atoms with Crippen LogP contribution in [-0.2, 0) is 11.2 Å². The molecule has 0 heterocycles. The normalized spacial score (nSPS) is 16.8. The first-order valence-electron chi connectivity index (χ1n) is 9.66. The van der Waals surface area contributed by atoms with Crippen LogP contribution in [0.25, 0.3) is 0 Å². The highest BCUT2D eigenvalue weighted by atomic mass is 19.1. The molecule has 0 radical (unpaired) electrons. The van der Waals surface area contributed by atoms with Gasteiger partial charge in [-0.05, 0) is 60.2 Å². The summed E-state index contributed by atoms with van der Waals surface area (Å²) in [6.07, 6.45) is 3.16. The standard InChI is InChI=1S/C24H23FN2O/c25-19-13-15-20(16-14-19)26-24(28)23(18-8-2-1-3-9-18)27-22-12-6-10-17-7-4-5-11-21(17)22/h1-5,7-9,11,13-16,22-23,27H,6,10,12H2,(H,26,28)/t22-,23-/m1/s1. The van der Waals surface area contributed by atoms with E-state index in [0.29, 0.717) is 5.69 Å². The third-order valence-corrected chi connectivity index (χ3v) is 5.24. The van der Waals surface area contributed by atoms with Crippen molar-refractivity contribution < 1.29 is 9.18 Å². The number of rotatable bonds is 5. The van der Waals surface area contributed by atoms with Crippen LogP contribution in [0.15, 0.2) is 78.9 Å². The molecule has 3 nitrogen and oxygen atoms in total. The van der Waals surface area contributed by atoms with Crippen LogP contribution in [0, 0.1) is 5.82 Å². The lowest BCUT2D eigenvalue weighted by atomic mass is 9.87. The lowest BCUT2D eigenvalue weighted by Crippen LogP contribution is -2.36. The van der Waals surface area contributed by atoms with Crippen molar-refractivity contribution in [1.29, 1.82) is 0 Å². The minimum absolute atomic E-state index is 0.120. The largest absolute Gasteiger partial charge is 0.324 e. The first-order valence-corrected chi connectivity index (χ1v) is 9.66. The predicted octanol–water partition coefficient (Wildman–Crippen LogP) is 5.17. The molecule has 3 aromatic carbocycles. The molecule has 0 spiro atoms. The summed E-state index contributed by atoms with van der Waals surface area (Å²) in [5, 5.41) is 6.49. The SMILES string of the molecule is O=C(Nc1ccc(F)cc1)[C@H](N[C@@H]1CCCc2ccccc21)c1ccccc1. The van der Waals surface area contributed by atoms with Crippen LogP contribution in [0.3, 0.4) is 0 Å². The highest BCUT2D eigenvalue weighted by Crippen LogP contribution is 2.32. The van der Waals surface area contributed by atoms with Crippen LogP contribution < -0.4 is 10.6 Å². The van der Waals surface area contributed by atoms with Gasteiger partial charge in [-0.3, -0.25) is 10.1 Å². The van der Waals surface area contributed by atoms with Crippen LogP contribution >= 0.6 is 0 Å². The van der Waals surface area contributed by atoms with E-state index >= 15 is 0 Å². The topological polar surface area (TPSA) is 41.1 Å². The second-order valence-corrected chi connectivity index (χ2v) is 7.15. The molecular formula is C24H23FN2O. The molecule has 2 N–H and O–H groups in total. The number of halogens is 1. The minimum atomic E-state index is -0.498. The highest BCUT2D eigenvalue weighted by Gasteiger charge is 2.27. The van der Waals surface area contributed by atoms with E-state index in [4.69, 9.17) is 0 Å². The summed E-state index contributed by atoms with van der Waals surface area (Å²) < 4.78 is 13.2. The van der Waals surface area contributed by atoms with Crippen LogP contribution in [0.5, 0.6) is 0 Å². The van der Waals surface area contributed by atoms with Crippen molar-refractivity contribution in [1.82, 2.24) is 5.32 Å². The summed E-state index contributed by atoms with van der Waals surface area (Å²) in [6.45, 7) is 0. The Kier molecular flexibility index (Phi) is 5.49. The van der Waals surface area contributed by atoms with Crippen LogP contribution in [-0.4, -0.2) is 5.91 Å². The fourth-order valence-electron chi connectivity index (χ4n) is 3.84. The van der Waals surface area contributed by atoms with Gasteiger partial charge in [-0.1, -0.05) is 54.6 Å². The molecule has 4 heteroatoms. The van der Waals surface area contributed by atoms with Gasteiger partial charge >= 0.3 is 0 Å². The first-order chi connectivity index (χ1) is 13.7. The highest BCUT2D eigenvalue weighted by molar-refractivity contribution is 5.95. The second-order valence-electron chi connectivity index (χ2n) is 7.15. The Morgan fingerprint density at radius 2 is 1.64 bits per heavy atom. The van der Waals surface area contributed by atoms with Crippen molar-refractivity contribution in [2.24, 2.45) is 0 Å². The van der Waals surface area contributed by atoms with Gasteiger partial charge in [0, 0.05) is 11.7 Å². The van der Waals surface area contributed by atoms with E-state index in [1.165, 1.54) is 23.3 Å². The quantitative estimate of drug-likeness (QED) is 0.647. The molecule has 142 valence electrons. The summed E-state index contributed by atoms with van der Waals surface area (Å²) >= 11 is 0. The number of anilines is 1. The molecule has 2 atom stereocenters. The molecule has 3 aromatic rings. The number of hydrogen-bond donors (Lipinski definition) is 2. The van der Waals surface area contributed by atoms with Crippen molar-refractivity contribution in [3.63, 3.8) is 0 Å². The van der Waals surface area contributed by atoms with E-state index in [1.807, 2.05) is 30.3 Å². The van der Waals surface area contributed by atoms with E-state index in [0.717, 1.165) is 24.8 Å². The monoisotopic (exact) mass is 374 g/mol. The molecular weight excluding hydrogens is 351 g/mol. The molecule has 0 aliphatic heterocycles. The number of hydrogen-bond acceptors (Lipinski definition) is 2. The molecule has 1 amide bonds.